The summed E-state index contributed by atoms with van der Waals surface area (Å²) in [5.74, 6) is -0.397. The Morgan fingerprint density at radius 1 is 1.15 bits per heavy atom. The molecule has 27 heavy (non-hydrogen) atoms. The summed E-state index contributed by atoms with van der Waals surface area (Å²) in [4.78, 5) is 26.4. The summed E-state index contributed by atoms with van der Waals surface area (Å²) in [6, 6.07) is 3.62. The molecule has 1 saturated heterocycles. The number of allylic oxidation sites excluding steroid dienone is 1. The van der Waals surface area contributed by atoms with E-state index in [-0.39, 0.29) is 6.04 Å². The van der Waals surface area contributed by atoms with Crippen LogP contribution in [-0.4, -0.2) is 56.1 Å². The van der Waals surface area contributed by atoms with Crippen molar-refractivity contribution >= 4 is 11.8 Å². The highest BCUT2D eigenvalue weighted by Gasteiger charge is 2.26. The van der Waals surface area contributed by atoms with Crippen molar-refractivity contribution in [3.05, 3.63) is 35.8 Å². The van der Waals surface area contributed by atoms with E-state index in [0.29, 0.717) is 26.3 Å². The lowest BCUT2D eigenvalue weighted by atomic mass is 9.97. The molecule has 0 radical (unpaired) electrons. The molecule has 0 saturated carbocycles. The molecule has 1 fully saturated rings. The molecule has 2 N–H and O–H groups in total. The lowest BCUT2D eigenvalue weighted by molar-refractivity contribution is -0.139. The maximum Gasteiger partial charge on any atom is 0.309 e. The van der Waals surface area contributed by atoms with Gasteiger partial charge in [-0.05, 0) is 44.2 Å². The summed E-state index contributed by atoms with van der Waals surface area (Å²) in [5, 5.41) is 5.47. The average molecular weight is 375 g/mol. The van der Waals surface area contributed by atoms with E-state index in [1.165, 1.54) is 18.4 Å². The second-order valence-electron chi connectivity index (χ2n) is 7.00. The van der Waals surface area contributed by atoms with Gasteiger partial charge in [-0.15, -0.1) is 0 Å². The summed E-state index contributed by atoms with van der Waals surface area (Å²) < 4.78 is 10.9. The number of hydrogen-bond acceptors (Lipinski definition) is 5. The standard InChI is InChI=1S/C20H29N3O4/c24-19(21-9-8-16-5-2-1-3-6-16)20(25)22-15-17(18-7-4-12-27-18)23-10-13-26-14-11-23/h4-5,7,12,17H,1-3,6,8-11,13-15H2,(H,21,24)(H,22,25)/t17-/m1/s1. The Labute approximate surface area is 160 Å². The summed E-state index contributed by atoms with van der Waals surface area (Å²) in [5.41, 5.74) is 1.38. The van der Waals surface area contributed by atoms with Crippen molar-refractivity contribution in [2.24, 2.45) is 0 Å². The number of hydrogen-bond donors (Lipinski definition) is 2. The van der Waals surface area contributed by atoms with E-state index in [1.807, 2.05) is 12.1 Å². The average Bonchev–Trinajstić information content (AvgIpc) is 3.24. The molecular formula is C20H29N3O4. The van der Waals surface area contributed by atoms with Crippen molar-refractivity contribution in [3.63, 3.8) is 0 Å². The van der Waals surface area contributed by atoms with Crippen molar-refractivity contribution < 1.29 is 18.7 Å². The third-order valence-electron chi connectivity index (χ3n) is 5.14. The molecule has 7 heteroatoms. The van der Waals surface area contributed by atoms with E-state index in [2.05, 4.69) is 21.6 Å². The van der Waals surface area contributed by atoms with Crippen LogP contribution >= 0.6 is 0 Å². The molecule has 1 aromatic heterocycles. The number of nitrogens with one attached hydrogen (secondary N) is 2. The van der Waals surface area contributed by atoms with Gasteiger partial charge in [-0.3, -0.25) is 14.5 Å². The summed E-state index contributed by atoms with van der Waals surface area (Å²) >= 11 is 0. The number of carbonyl (C=O) groups excluding carboxylic acids is 2. The highest BCUT2D eigenvalue weighted by molar-refractivity contribution is 6.35. The van der Waals surface area contributed by atoms with Crippen molar-refractivity contribution in [1.29, 1.82) is 0 Å². The van der Waals surface area contributed by atoms with Gasteiger partial charge in [0, 0.05) is 26.2 Å². The maximum absolute atomic E-state index is 12.2. The lowest BCUT2D eigenvalue weighted by Crippen LogP contribution is -2.46. The second-order valence-corrected chi connectivity index (χ2v) is 7.00. The zero-order chi connectivity index (χ0) is 18.9. The van der Waals surface area contributed by atoms with Gasteiger partial charge >= 0.3 is 11.8 Å². The van der Waals surface area contributed by atoms with E-state index < -0.39 is 11.8 Å². The molecule has 2 aliphatic rings. The third kappa shape index (κ3) is 5.94. The van der Waals surface area contributed by atoms with Gasteiger partial charge in [0.25, 0.3) is 0 Å². The minimum atomic E-state index is -0.600. The number of carbonyl (C=O) groups is 2. The molecule has 0 bridgehead atoms. The lowest BCUT2D eigenvalue weighted by Gasteiger charge is -2.33. The Morgan fingerprint density at radius 2 is 1.96 bits per heavy atom. The summed E-state index contributed by atoms with van der Waals surface area (Å²) in [7, 11) is 0. The minimum absolute atomic E-state index is 0.104. The van der Waals surface area contributed by atoms with Crippen LogP contribution < -0.4 is 10.6 Å². The van der Waals surface area contributed by atoms with Crippen LogP contribution in [-0.2, 0) is 14.3 Å². The smallest absolute Gasteiger partial charge is 0.309 e. The molecule has 1 atom stereocenters. The zero-order valence-corrected chi connectivity index (χ0v) is 15.7. The van der Waals surface area contributed by atoms with Gasteiger partial charge in [-0.1, -0.05) is 11.6 Å². The highest BCUT2D eigenvalue weighted by Crippen LogP contribution is 2.22. The SMILES string of the molecule is O=C(NCCC1=CCCCC1)C(=O)NC[C@H](c1ccco1)N1CCOCC1. The molecule has 0 unspecified atom stereocenters. The fraction of sp³-hybridized carbons (Fsp3) is 0.600. The van der Waals surface area contributed by atoms with Crippen LogP contribution in [0.15, 0.2) is 34.5 Å². The maximum atomic E-state index is 12.2. The quantitative estimate of drug-likeness (QED) is 0.561. The Balaban J connectivity index is 1.45. The highest BCUT2D eigenvalue weighted by atomic mass is 16.5. The van der Waals surface area contributed by atoms with Crippen LogP contribution in [0.3, 0.4) is 0 Å². The molecule has 2 heterocycles. The Morgan fingerprint density at radius 3 is 2.67 bits per heavy atom. The van der Waals surface area contributed by atoms with Crippen LogP contribution in [0.1, 0.15) is 43.9 Å². The molecule has 148 valence electrons. The molecule has 3 rings (SSSR count). The molecule has 1 aliphatic carbocycles. The van der Waals surface area contributed by atoms with Gasteiger partial charge in [0.05, 0.1) is 25.5 Å². The van der Waals surface area contributed by atoms with E-state index >= 15 is 0 Å². The van der Waals surface area contributed by atoms with Crippen molar-refractivity contribution in [1.82, 2.24) is 15.5 Å². The second kappa shape index (κ2) is 10.3. The van der Waals surface area contributed by atoms with Gasteiger partial charge in [-0.25, -0.2) is 0 Å². The predicted octanol–water partition coefficient (Wildman–Crippen LogP) is 1.78. The number of amides is 2. The minimum Gasteiger partial charge on any atom is -0.468 e. The monoisotopic (exact) mass is 375 g/mol. The largest absolute Gasteiger partial charge is 0.468 e. The van der Waals surface area contributed by atoms with Crippen LogP contribution in [0.2, 0.25) is 0 Å². The first-order chi connectivity index (χ1) is 13.2. The first kappa shape index (κ1) is 19.6. The number of ether oxygens (including phenoxy) is 1. The Kier molecular flexibility index (Phi) is 7.47. The molecule has 0 spiro atoms. The first-order valence-electron chi connectivity index (χ1n) is 9.83. The number of morpholine rings is 1. The van der Waals surface area contributed by atoms with Gasteiger partial charge < -0.3 is 19.8 Å². The normalized spacial score (nSPS) is 19.2. The van der Waals surface area contributed by atoms with Crippen molar-refractivity contribution in [2.45, 2.75) is 38.1 Å². The van der Waals surface area contributed by atoms with E-state index in [0.717, 1.165) is 38.1 Å². The van der Waals surface area contributed by atoms with Crippen LogP contribution in [0, 0.1) is 0 Å². The summed E-state index contributed by atoms with van der Waals surface area (Å²) in [6.45, 7) is 3.67. The summed E-state index contributed by atoms with van der Waals surface area (Å²) in [6.07, 6.45) is 9.39. The van der Waals surface area contributed by atoms with Gasteiger partial charge in [0.1, 0.15) is 5.76 Å². The number of rotatable bonds is 7. The Bertz CT molecular complexity index is 636. The molecule has 1 aromatic rings. The molecule has 1 aliphatic heterocycles. The zero-order valence-electron chi connectivity index (χ0n) is 15.7. The van der Waals surface area contributed by atoms with Crippen LogP contribution in [0.25, 0.3) is 0 Å². The van der Waals surface area contributed by atoms with E-state index in [9.17, 15) is 9.59 Å². The molecule has 2 amide bonds. The first-order valence-corrected chi connectivity index (χ1v) is 9.83. The van der Waals surface area contributed by atoms with Crippen LogP contribution in [0.5, 0.6) is 0 Å². The van der Waals surface area contributed by atoms with Gasteiger partial charge in [0.2, 0.25) is 0 Å². The number of nitrogens with zero attached hydrogens (tertiary/aromatic N) is 1. The third-order valence-corrected chi connectivity index (χ3v) is 5.14. The van der Waals surface area contributed by atoms with Crippen molar-refractivity contribution in [2.75, 3.05) is 39.4 Å². The van der Waals surface area contributed by atoms with E-state index in [4.69, 9.17) is 9.15 Å². The topological polar surface area (TPSA) is 83.8 Å². The van der Waals surface area contributed by atoms with Gasteiger partial charge in [-0.2, -0.15) is 0 Å². The van der Waals surface area contributed by atoms with Gasteiger partial charge in [0.15, 0.2) is 0 Å². The van der Waals surface area contributed by atoms with Crippen LogP contribution in [0.4, 0.5) is 0 Å². The molecular weight excluding hydrogens is 346 g/mol. The fourth-order valence-corrected chi connectivity index (χ4v) is 3.60. The Hall–Kier alpha value is -2.12. The molecule has 7 nitrogen and oxygen atoms in total. The number of furan rings is 1. The predicted molar refractivity (Wildman–Crippen MR) is 101 cm³/mol. The fourth-order valence-electron chi connectivity index (χ4n) is 3.60. The van der Waals surface area contributed by atoms with E-state index in [1.54, 1.807) is 6.26 Å². The van der Waals surface area contributed by atoms with Crippen molar-refractivity contribution in [3.8, 4) is 0 Å². The molecule has 0 aromatic carbocycles.